The third-order valence-corrected chi connectivity index (χ3v) is 10.2. The van der Waals surface area contributed by atoms with Crippen molar-refractivity contribution in [1.29, 1.82) is 0 Å². The van der Waals surface area contributed by atoms with E-state index in [-0.39, 0.29) is 62.9 Å². The fraction of sp³-hybridized carbons (Fsp3) is 0.300. The van der Waals surface area contributed by atoms with E-state index in [9.17, 15) is 22.4 Å². The molecule has 10 nitrogen and oxygen atoms in total. The van der Waals surface area contributed by atoms with Gasteiger partial charge in [-0.2, -0.15) is 4.98 Å². The van der Waals surface area contributed by atoms with Gasteiger partial charge in [-0.1, -0.05) is 18.7 Å². The van der Waals surface area contributed by atoms with Crippen molar-refractivity contribution in [3.8, 4) is 16.9 Å². The predicted octanol–water partition coefficient (Wildman–Crippen LogP) is 3.59. The highest BCUT2D eigenvalue weighted by Crippen LogP contribution is 2.38. The Morgan fingerprint density at radius 3 is 2.51 bits per heavy atom. The second-order valence-corrected chi connectivity index (χ2v) is 12.9. The van der Waals surface area contributed by atoms with Crippen LogP contribution in [0.15, 0.2) is 64.9 Å². The first kappa shape index (κ1) is 28.6. The molecule has 222 valence electrons. The smallest absolute Gasteiger partial charge is 0.350 e. The molecule has 13 heteroatoms. The summed E-state index contributed by atoms with van der Waals surface area (Å²) in [5, 5.41) is -0.470. The van der Waals surface area contributed by atoms with Crippen LogP contribution >= 0.6 is 0 Å². The summed E-state index contributed by atoms with van der Waals surface area (Å²) in [5.41, 5.74) is -1.24. The maximum atomic E-state index is 15.8. The van der Waals surface area contributed by atoms with Crippen LogP contribution < -0.4 is 10.6 Å². The molecule has 1 saturated carbocycles. The quantitative estimate of drug-likeness (QED) is 0.306. The zero-order valence-corrected chi connectivity index (χ0v) is 24.3. The summed E-state index contributed by atoms with van der Waals surface area (Å²) in [6.07, 6.45) is 3.57. The minimum atomic E-state index is -3.83. The fourth-order valence-corrected chi connectivity index (χ4v) is 7.44. The first-order valence-electron chi connectivity index (χ1n) is 13.8. The Morgan fingerprint density at radius 1 is 1.09 bits per heavy atom. The molecule has 0 unspecified atom stereocenters. The van der Waals surface area contributed by atoms with Gasteiger partial charge in [-0.3, -0.25) is 9.78 Å². The zero-order valence-electron chi connectivity index (χ0n) is 23.5. The highest BCUT2D eigenvalue weighted by molar-refractivity contribution is 7.92. The van der Waals surface area contributed by atoms with Crippen LogP contribution in [0.3, 0.4) is 0 Å². The fourth-order valence-electron chi connectivity index (χ4n) is 5.56. The van der Waals surface area contributed by atoms with Gasteiger partial charge in [0.15, 0.2) is 15.5 Å². The lowest BCUT2D eigenvalue weighted by Gasteiger charge is -2.40. The van der Waals surface area contributed by atoms with E-state index in [1.807, 2.05) is 6.92 Å². The van der Waals surface area contributed by atoms with Gasteiger partial charge in [0, 0.05) is 37.4 Å². The van der Waals surface area contributed by atoms with Gasteiger partial charge in [0.05, 0.1) is 26.9 Å². The number of benzene rings is 1. The summed E-state index contributed by atoms with van der Waals surface area (Å²) in [6.45, 7) is 7.81. The number of anilines is 1. The third kappa shape index (κ3) is 4.86. The normalized spacial score (nSPS) is 17.3. The number of carbonyl (C=O) groups is 1. The molecule has 0 spiro atoms. The van der Waals surface area contributed by atoms with Gasteiger partial charge in [-0.05, 0) is 57.0 Å². The second kappa shape index (κ2) is 10.6. The lowest BCUT2D eigenvalue weighted by Crippen LogP contribution is -2.54. The second-order valence-electron chi connectivity index (χ2n) is 10.7. The number of rotatable bonds is 6. The highest BCUT2D eigenvalue weighted by Gasteiger charge is 2.40. The molecule has 0 N–H and O–H groups in total. The van der Waals surface area contributed by atoms with Crippen LogP contribution in [0.5, 0.6) is 0 Å². The van der Waals surface area contributed by atoms with E-state index in [1.165, 1.54) is 42.6 Å². The molecule has 0 bridgehead atoms. The number of fused-ring (bicyclic) bond motifs is 1. The average Bonchev–Trinajstić information content (AvgIpc) is 3.84. The molecular formula is C30H28F2N6O4S. The molecule has 1 saturated heterocycles. The number of piperazine rings is 1. The molecule has 4 heterocycles. The summed E-state index contributed by atoms with van der Waals surface area (Å²) in [6, 6.07) is 7.67. The van der Waals surface area contributed by atoms with Crippen molar-refractivity contribution in [3.05, 3.63) is 83.1 Å². The first-order chi connectivity index (χ1) is 20.5. The van der Waals surface area contributed by atoms with E-state index in [1.54, 1.807) is 16.7 Å². The van der Waals surface area contributed by atoms with E-state index in [0.717, 1.165) is 10.6 Å². The van der Waals surface area contributed by atoms with Crippen LogP contribution in [0.2, 0.25) is 0 Å². The Labute approximate surface area is 246 Å². The molecule has 4 aromatic rings. The Kier molecular flexibility index (Phi) is 7.07. The van der Waals surface area contributed by atoms with Crippen molar-refractivity contribution >= 4 is 32.6 Å². The molecule has 2 aliphatic rings. The molecule has 2 fully saturated rings. The molecule has 1 aliphatic carbocycles. The molecule has 1 atom stereocenters. The number of nitrogens with zero attached hydrogens (tertiary/aromatic N) is 6. The van der Waals surface area contributed by atoms with Crippen LogP contribution in [-0.4, -0.2) is 69.7 Å². The summed E-state index contributed by atoms with van der Waals surface area (Å²) in [4.78, 5) is 42.6. The van der Waals surface area contributed by atoms with Crippen LogP contribution in [0.25, 0.3) is 28.0 Å². The van der Waals surface area contributed by atoms with Gasteiger partial charge < -0.3 is 9.80 Å². The van der Waals surface area contributed by atoms with Crippen LogP contribution in [0.4, 0.5) is 14.6 Å². The molecular weight excluding hydrogens is 578 g/mol. The monoisotopic (exact) mass is 606 g/mol. The zero-order chi connectivity index (χ0) is 30.6. The van der Waals surface area contributed by atoms with Crippen LogP contribution in [0.1, 0.15) is 25.5 Å². The van der Waals surface area contributed by atoms with E-state index in [0.29, 0.717) is 25.9 Å². The number of amides is 1. The summed E-state index contributed by atoms with van der Waals surface area (Å²) in [5.74, 6) is -1.69. The lowest BCUT2D eigenvalue weighted by atomic mass is 10.1. The van der Waals surface area contributed by atoms with Crippen molar-refractivity contribution in [3.63, 3.8) is 0 Å². The van der Waals surface area contributed by atoms with Gasteiger partial charge in [-0.25, -0.2) is 31.5 Å². The number of pyridine rings is 2. The Bertz CT molecular complexity index is 1980. The third-order valence-electron chi connectivity index (χ3n) is 7.88. The number of carbonyl (C=O) groups excluding carboxylic acids is 1. The summed E-state index contributed by atoms with van der Waals surface area (Å²) in [7, 11) is -3.83. The van der Waals surface area contributed by atoms with Gasteiger partial charge in [0.2, 0.25) is 5.91 Å². The SMILES string of the molecule is C=CC(=O)N1CCN(c2nc(=O)n(-c3c(S(=O)(=O)C4CC4)ccnc3C)c3nc(-c4ccccc4F)c(F)cc23)[C@@H](C)C1. The summed E-state index contributed by atoms with van der Waals surface area (Å²) < 4.78 is 58.7. The maximum Gasteiger partial charge on any atom is 0.355 e. The van der Waals surface area contributed by atoms with Crippen molar-refractivity contribution in [2.24, 2.45) is 0 Å². The van der Waals surface area contributed by atoms with Gasteiger partial charge in [-0.15, -0.1) is 0 Å². The van der Waals surface area contributed by atoms with E-state index in [4.69, 9.17) is 0 Å². The molecule has 3 aromatic heterocycles. The topological polar surface area (TPSA) is 118 Å². The van der Waals surface area contributed by atoms with Gasteiger partial charge >= 0.3 is 5.69 Å². The highest BCUT2D eigenvalue weighted by atomic mass is 32.2. The molecule has 1 aliphatic heterocycles. The molecule has 6 rings (SSSR count). The van der Waals surface area contributed by atoms with Crippen molar-refractivity contribution in [1.82, 2.24) is 24.4 Å². The number of hydrogen-bond acceptors (Lipinski definition) is 8. The Hall–Kier alpha value is -4.52. The minimum Gasteiger partial charge on any atom is -0.350 e. The lowest BCUT2D eigenvalue weighted by molar-refractivity contribution is -0.126. The molecule has 1 amide bonds. The van der Waals surface area contributed by atoms with Gasteiger partial charge in [0.1, 0.15) is 23.1 Å². The van der Waals surface area contributed by atoms with Crippen molar-refractivity contribution in [2.75, 3.05) is 24.5 Å². The number of aromatic nitrogens is 4. The Morgan fingerprint density at radius 2 is 1.84 bits per heavy atom. The first-order valence-corrected chi connectivity index (χ1v) is 15.3. The van der Waals surface area contributed by atoms with E-state index >= 15 is 4.39 Å². The number of halogens is 2. The van der Waals surface area contributed by atoms with Gasteiger partial charge in [0.25, 0.3) is 0 Å². The summed E-state index contributed by atoms with van der Waals surface area (Å²) >= 11 is 0. The van der Waals surface area contributed by atoms with E-state index in [2.05, 4.69) is 21.5 Å². The maximum absolute atomic E-state index is 15.8. The predicted molar refractivity (Wildman–Crippen MR) is 157 cm³/mol. The van der Waals surface area contributed by atoms with Crippen LogP contribution in [-0.2, 0) is 14.6 Å². The molecule has 1 aromatic carbocycles. The molecule has 43 heavy (non-hydrogen) atoms. The largest absolute Gasteiger partial charge is 0.355 e. The average molecular weight is 607 g/mol. The number of sulfone groups is 1. The standard InChI is InChI=1S/C30H28F2N6O4S/c1-4-25(39)36-13-14-37(17(2)16-36)28-21-15-23(32)26(20-7-5-6-8-22(20)31)34-29(21)38(30(40)35-28)27-18(3)33-12-11-24(27)43(41,42)19-9-10-19/h4-8,11-12,15,17,19H,1,9-10,13-14,16H2,2-3H3/t17-/m0/s1. The van der Waals surface area contributed by atoms with E-state index < -0.39 is 32.4 Å². The Balaban J connectivity index is 1.65. The van der Waals surface area contributed by atoms with Crippen molar-refractivity contribution < 1.29 is 22.0 Å². The van der Waals surface area contributed by atoms with Crippen molar-refractivity contribution in [2.45, 2.75) is 42.9 Å². The minimum absolute atomic E-state index is 0.0310. The number of aryl methyl sites for hydroxylation is 1. The van der Waals surface area contributed by atoms with Crippen LogP contribution in [0, 0.1) is 18.6 Å². The molecule has 0 radical (unpaired) electrons. The number of hydrogen-bond donors (Lipinski definition) is 0.